The second kappa shape index (κ2) is 11.7. The fourth-order valence-electron chi connectivity index (χ4n) is 5.35. The molecule has 1 saturated carbocycles. The lowest BCUT2D eigenvalue weighted by atomic mass is 9.84. The van der Waals surface area contributed by atoms with E-state index in [0.29, 0.717) is 28.9 Å². The zero-order chi connectivity index (χ0) is 29.1. The number of carbonyl (C=O) groups is 2. The summed E-state index contributed by atoms with van der Waals surface area (Å²) in [6, 6.07) is 14.0. The molecule has 5 rings (SSSR count). The Hall–Kier alpha value is -4.21. The molecule has 10 heteroatoms. The van der Waals surface area contributed by atoms with Crippen LogP contribution >= 0.6 is 0 Å². The van der Waals surface area contributed by atoms with Gasteiger partial charge in [0.1, 0.15) is 23.8 Å². The number of benzene rings is 1. The van der Waals surface area contributed by atoms with E-state index < -0.39 is 17.5 Å². The number of tetrazole rings is 1. The lowest BCUT2D eigenvalue weighted by Gasteiger charge is -2.32. The quantitative estimate of drug-likeness (QED) is 0.287. The maximum Gasteiger partial charge on any atom is 0.251 e. The second-order valence-corrected chi connectivity index (χ2v) is 11.8. The summed E-state index contributed by atoms with van der Waals surface area (Å²) in [5.41, 5.74) is 1.31. The normalized spacial score (nSPS) is 15.0. The van der Waals surface area contributed by atoms with Gasteiger partial charge in [0.15, 0.2) is 11.8 Å². The van der Waals surface area contributed by atoms with E-state index in [1.165, 1.54) is 47.4 Å². The number of nitrogens with zero attached hydrogens (tertiary/aromatic N) is 5. The molecule has 1 N–H and O–H groups in total. The summed E-state index contributed by atoms with van der Waals surface area (Å²) in [7, 11) is 0. The largest absolute Gasteiger partial charge is 0.464 e. The molecule has 0 unspecified atom stereocenters. The number of hydrogen-bond donors (Lipinski definition) is 1. The molecule has 41 heavy (non-hydrogen) atoms. The van der Waals surface area contributed by atoms with Gasteiger partial charge in [-0.25, -0.2) is 0 Å². The van der Waals surface area contributed by atoms with Gasteiger partial charge in [0.2, 0.25) is 5.82 Å². The Morgan fingerprint density at radius 2 is 1.66 bits per heavy atom. The van der Waals surface area contributed by atoms with Gasteiger partial charge in [-0.3, -0.25) is 14.5 Å². The number of carbonyl (C=O) groups excluding carboxylic acids is 2. The minimum atomic E-state index is -1.05. The Kier molecular flexibility index (Phi) is 8.10. The Labute approximate surface area is 240 Å². The van der Waals surface area contributed by atoms with Gasteiger partial charge in [0, 0.05) is 11.2 Å². The van der Waals surface area contributed by atoms with Crippen LogP contribution in [0.15, 0.2) is 57.4 Å². The standard InChI is InChI=1S/C31H38N6O4/c1-20-11-17-25(40-20)28(30(39)32-31(3,4)5)37(24-15-13-23(14-16-24)22-9-7-6-8-10-22)27(38)19-36-34-29(33-35-36)26-18-12-21(2)41-26/h11-18,22,28H,6-10,19H2,1-5H3,(H,32,39)/t28-/m0/s1. The Bertz CT molecular complexity index is 1490. The molecular formula is C31H38N6O4. The van der Waals surface area contributed by atoms with Gasteiger partial charge in [-0.05, 0) is 101 Å². The number of aryl methyl sites for hydroxylation is 2. The molecule has 4 aromatic rings. The first-order chi connectivity index (χ1) is 19.6. The molecule has 0 aliphatic heterocycles. The molecule has 0 spiro atoms. The molecule has 1 aliphatic carbocycles. The third-order valence-corrected chi connectivity index (χ3v) is 7.24. The highest BCUT2D eigenvalue weighted by Gasteiger charge is 2.37. The summed E-state index contributed by atoms with van der Waals surface area (Å²) in [5, 5.41) is 15.5. The van der Waals surface area contributed by atoms with Crippen molar-refractivity contribution in [2.75, 3.05) is 4.90 Å². The van der Waals surface area contributed by atoms with Gasteiger partial charge < -0.3 is 14.2 Å². The van der Waals surface area contributed by atoms with Crippen molar-refractivity contribution in [2.45, 2.75) is 90.8 Å². The smallest absolute Gasteiger partial charge is 0.251 e. The summed E-state index contributed by atoms with van der Waals surface area (Å²) < 4.78 is 11.6. The molecule has 1 atom stereocenters. The van der Waals surface area contributed by atoms with Crippen molar-refractivity contribution in [3.8, 4) is 11.6 Å². The van der Waals surface area contributed by atoms with Crippen LogP contribution in [0.2, 0.25) is 0 Å². The van der Waals surface area contributed by atoms with Gasteiger partial charge in [-0.1, -0.05) is 31.4 Å². The number of anilines is 1. The number of furan rings is 2. The third kappa shape index (κ3) is 6.75. The molecule has 3 heterocycles. The molecular weight excluding hydrogens is 520 g/mol. The number of rotatable bonds is 8. The highest BCUT2D eigenvalue weighted by atomic mass is 16.3. The number of nitrogens with one attached hydrogen (secondary N) is 1. The average Bonchev–Trinajstić information content (AvgIpc) is 3.68. The SMILES string of the molecule is Cc1ccc(-c2nnn(CC(=O)N(c3ccc(C4CCCCC4)cc3)[C@H](C(=O)NC(C)(C)C)c3ccc(C)o3)n2)o1. The van der Waals surface area contributed by atoms with Gasteiger partial charge in [-0.15, -0.1) is 10.2 Å². The minimum Gasteiger partial charge on any atom is -0.464 e. The zero-order valence-corrected chi connectivity index (χ0v) is 24.4. The van der Waals surface area contributed by atoms with Crippen molar-refractivity contribution < 1.29 is 18.4 Å². The highest BCUT2D eigenvalue weighted by molar-refractivity contribution is 6.01. The van der Waals surface area contributed by atoms with Crippen LogP contribution in [-0.4, -0.2) is 37.6 Å². The molecule has 2 amide bonds. The van der Waals surface area contributed by atoms with E-state index in [9.17, 15) is 9.59 Å². The molecule has 0 saturated heterocycles. The van der Waals surface area contributed by atoms with E-state index in [-0.39, 0.29) is 18.3 Å². The first kappa shape index (κ1) is 28.3. The van der Waals surface area contributed by atoms with Gasteiger partial charge in [0.05, 0.1) is 0 Å². The highest BCUT2D eigenvalue weighted by Crippen LogP contribution is 2.35. The van der Waals surface area contributed by atoms with Crippen molar-refractivity contribution in [1.82, 2.24) is 25.5 Å². The van der Waals surface area contributed by atoms with Crippen LogP contribution < -0.4 is 10.2 Å². The summed E-state index contributed by atoms with van der Waals surface area (Å²) in [6.07, 6.45) is 6.07. The Morgan fingerprint density at radius 3 is 2.27 bits per heavy atom. The average molecular weight is 559 g/mol. The van der Waals surface area contributed by atoms with Crippen LogP contribution in [0.1, 0.15) is 87.7 Å². The maximum absolute atomic E-state index is 14.1. The van der Waals surface area contributed by atoms with E-state index in [1.54, 1.807) is 18.2 Å². The van der Waals surface area contributed by atoms with Gasteiger partial charge in [-0.2, -0.15) is 4.80 Å². The van der Waals surface area contributed by atoms with Gasteiger partial charge >= 0.3 is 0 Å². The maximum atomic E-state index is 14.1. The minimum absolute atomic E-state index is 0.240. The van der Waals surface area contributed by atoms with E-state index in [4.69, 9.17) is 8.83 Å². The van der Waals surface area contributed by atoms with Crippen LogP contribution in [0, 0.1) is 13.8 Å². The lowest BCUT2D eigenvalue weighted by molar-refractivity contribution is -0.128. The fourth-order valence-corrected chi connectivity index (χ4v) is 5.35. The summed E-state index contributed by atoms with van der Waals surface area (Å²) in [4.78, 5) is 30.6. The predicted molar refractivity (Wildman–Crippen MR) is 154 cm³/mol. The summed E-state index contributed by atoms with van der Waals surface area (Å²) in [6.45, 7) is 9.10. The van der Waals surface area contributed by atoms with E-state index in [0.717, 1.165) is 5.76 Å². The number of amides is 2. The Morgan fingerprint density at radius 1 is 0.976 bits per heavy atom. The van der Waals surface area contributed by atoms with Crippen molar-refractivity contribution in [2.24, 2.45) is 0 Å². The van der Waals surface area contributed by atoms with Crippen LogP contribution in [0.5, 0.6) is 0 Å². The number of hydrogen-bond acceptors (Lipinski definition) is 7. The molecule has 1 aromatic carbocycles. The first-order valence-electron chi connectivity index (χ1n) is 14.2. The third-order valence-electron chi connectivity index (χ3n) is 7.24. The predicted octanol–water partition coefficient (Wildman–Crippen LogP) is 5.88. The molecule has 216 valence electrons. The molecule has 0 bridgehead atoms. The van der Waals surface area contributed by atoms with E-state index in [1.807, 2.05) is 52.8 Å². The van der Waals surface area contributed by atoms with Crippen molar-refractivity contribution in [3.63, 3.8) is 0 Å². The van der Waals surface area contributed by atoms with Crippen LogP contribution in [0.4, 0.5) is 5.69 Å². The second-order valence-electron chi connectivity index (χ2n) is 11.8. The van der Waals surface area contributed by atoms with Crippen molar-refractivity contribution >= 4 is 17.5 Å². The fraction of sp³-hybridized carbons (Fsp3) is 0.452. The van der Waals surface area contributed by atoms with Crippen LogP contribution in [0.3, 0.4) is 0 Å². The molecule has 3 aromatic heterocycles. The molecule has 1 aliphatic rings. The number of aromatic nitrogens is 4. The lowest BCUT2D eigenvalue weighted by Crippen LogP contribution is -2.50. The monoisotopic (exact) mass is 558 g/mol. The summed E-state index contributed by atoms with van der Waals surface area (Å²) >= 11 is 0. The van der Waals surface area contributed by atoms with E-state index >= 15 is 0 Å². The Balaban J connectivity index is 1.51. The summed E-state index contributed by atoms with van der Waals surface area (Å²) in [5.74, 6) is 2.24. The van der Waals surface area contributed by atoms with E-state index in [2.05, 4.69) is 32.9 Å². The zero-order valence-electron chi connectivity index (χ0n) is 24.4. The molecule has 1 fully saturated rings. The van der Waals surface area contributed by atoms with Crippen LogP contribution in [-0.2, 0) is 16.1 Å². The molecule has 0 radical (unpaired) electrons. The van der Waals surface area contributed by atoms with Gasteiger partial charge in [0.25, 0.3) is 11.8 Å². The molecule has 10 nitrogen and oxygen atoms in total. The van der Waals surface area contributed by atoms with Crippen molar-refractivity contribution in [1.29, 1.82) is 0 Å². The van der Waals surface area contributed by atoms with Crippen molar-refractivity contribution in [3.05, 3.63) is 71.4 Å². The van der Waals surface area contributed by atoms with Crippen LogP contribution in [0.25, 0.3) is 11.6 Å². The first-order valence-corrected chi connectivity index (χ1v) is 14.2. The topological polar surface area (TPSA) is 119 Å².